The Morgan fingerprint density at radius 3 is 2.22 bits per heavy atom. The van der Waals surface area contributed by atoms with Gasteiger partial charge in [0, 0.05) is 12.2 Å². The smallest absolute Gasteiger partial charge is 0.408 e. The number of ether oxygens (including phenoxy) is 1. The molecule has 2 rings (SSSR count). The molecule has 37 heavy (non-hydrogen) atoms. The van der Waals surface area contributed by atoms with E-state index in [0.29, 0.717) is 11.3 Å². The average Bonchev–Trinajstić information content (AvgIpc) is 2.79. The van der Waals surface area contributed by atoms with Gasteiger partial charge in [0.2, 0.25) is 11.8 Å². The van der Waals surface area contributed by atoms with E-state index in [4.69, 9.17) is 10.5 Å². The molecule has 0 fully saturated rings. The van der Waals surface area contributed by atoms with Gasteiger partial charge in [-0.25, -0.2) is 4.79 Å². The summed E-state index contributed by atoms with van der Waals surface area (Å²) in [4.78, 5) is 52.5. The van der Waals surface area contributed by atoms with Gasteiger partial charge in [-0.15, -0.1) is 0 Å². The van der Waals surface area contributed by atoms with Crippen molar-refractivity contribution in [3.05, 3.63) is 59.7 Å². The van der Waals surface area contributed by atoms with Gasteiger partial charge in [0.25, 0.3) is 5.91 Å². The van der Waals surface area contributed by atoms with Crippen molar-refractivity contribution in [3.63, 3.8) is 0 Å². The number of nitrogens with two attached hydrogens (primary N) is 1. The molecule has 0 aliphatic heterocycles. The van der Waals surface area contributed by atoms with Crippen LogP contribution in [0.3, 0.4) is 0 Å². The maximum Gasteiger partial charge on any atom is 0.408 e. The number of nitrogens with zero attached hydrogens (tertiary/aromatic N) is 1. The number of amides is 4. The molecule has 6 N–H and O–H groups in total. The summed E-state index contributed by atoms with van der Waals surface area (Å²) in [6, 6.07) is 9.90. The Hall–Kier alpha value is -4.12. The van der Waals surface area contributed by atoms with Crippen LogP contribution in [-0.2, 0) is 19.1 Å². The van der Waals surface area contributed by atoms with Gasteiger partial charge in [-0.1, -0.05) is 30.3 Å². The van der Waals surface area contributed by atoms with Gasteiger partial charge >= 0.3 is 6.09 Å². The number of aliphatic hydroxyl groups is 1. The molecule has 0 heterocycles. The maximum absolute atomic E-state index is 13.7. The maximum atomic E-state index is 13.7. The second-order valence-corrected chi connectivity index (χ2v) is 9.42. The van der Waals surface area contributed by atoms with Crippen LogP contribution < -0.4 is 16.4 Å². The van der Waals surface area contributed by atoms with Crippen molar-refractivity contribution in [2.24, 2.45) is 5.73 Å². The second-order valence-electron chi connectivity index (χ2n) is 9.42. The van der Waals surface area contributed by atoms with E-state index in [1.165, 1.54) is 24.3 Å². The number of aromatic hydroxyl groups is 1. The van der Waals surface area contributed by atoms with Gasteiger partial charge in [-0.2, -0.15) is 0 Å². The van der Waals surface area contributed by atoms with Crippen LogP contribution in [-0.4, -0.2) is 63.7 Å². The number of benzene rings is 2. The molecule has 0 saturated carbocycles. The SMILES string of the molecule is Cc1ccccc1NC(=O)C(c1ccc(O)cc1)N(CCO)C(=O)C(CC(N)=O)NC(=O)OC(C)(C)C. The van der Waals surface area contributed by atoms with Crippen LogP contribution in [0.4, 0.5) is 10.5 Å². The molecule has 2 aromatic rings. The van der Waals surface area contributed by atoms with Crippen molar-refractivity contribution < 1.29 is 34.1 Å². The van der Waals surface area contributed by atoms with Crippen molar-refractivity contribution in [1.29, 1.82) is 0 Å². The van der Waals surface area contributed by atoms with Crippen molar-refractivity contribution in [2.75, 3.05) is 18.5 Å². The summed E-state index contributed by atoms with van der Waals surface area (Å²) in [5, 5.41) is 24.7. The molecule has 200 valence electrons. The van der Waals surface area contributed by atoms with Gasteiger partial charge < -0.3 is 36.2 Å². The number of carbonyl (C=O) groups excluding carboxylic acids is 4. The van der Waals surface area contributed by atoms with E-state index in [1.807, 2.05) is 0 Å². The fourth-order valence-corrected chi connectivity index (χ4v) is 3.57. The fraction of sp³-hybridized carbons (Fsp3) is 0.385. The number of nitrogens with one attached hydrogen (secondary N) is 2. The van der Waals surface area contributed by atoms with Crippen molar-refractivity contribution in [1.82, 2.24) is 10.2 Å². The van der Waals surface area contributed by atoms with Crippen LogP contribution in [0.5, 0.6) is 5.75 Å². The predicted octanol–water partition coefficient (Wildman–Crippen LogP) is 1.97. The monoisotopic (exact) mass is 514 g/mol. The highest BCUT2D eigenvalue weighted by molar-refractivity contribution is 6.00. The largest absolute Gasteiger partial charge is 0.508 e. The summed E-state index contributed by atoms with van der Waals surface area (Å²) in [5.41, 5.74) is 6.06. The molecule has 11 heteroatoms. The number of phenolic OH excluding ortho intramolecular Hbond substituents is 1. The first kappa shape index (κ1) is 29.1. The molecule has 2 atom stereocenters. The quantitative estimate of drug-likeness (QED) is 0.322. The number of anilines is 1. The molecule has 0 saturated heterocycles. The lowest BCUT2D eigenvalue weighted by Gasteiger charge is -2.34. The first-order chi connectivity index (χ1) is 17.3. The van der Waals surface area contributed by atoms with Crippen LogP contribution in [0.1, 0.15) is 44.4 Å². The molecule has 4 amide bonds. The molecule has 0 bridgehead atoms. The normalized spacial score (nSPS) is 12.7. The van der Waals surface area contributed by atoms with Crippen molar-refractivity contribution in [2.45, 2.75) is 51.8 Å². The van der Waals surface area contributed by atoms with Crippen molar-refractivity contribution >= 4 is 29.5 Å². The Morgan fingerprint density at radius 2 is 1.68 bits per heavy atom. The number of phenols is 1. The highest BCUT2D eigenvalue weighted by Crippen LogP contribution is 2.27. The van der Waals surface area contributed by atoms with E-state index >= 15 is 0 Å². The Morgan fingerprint density at radius 1 is 1.05 bits per heavy atom. The van der Waals surface area contributed by atoms with Crippen LogP contribution in [0, 0.1) is 6.92 Å². The Labute approximate surface area is 215 Å². The van der Waals surface area contributed by atoms with Crippen LogP contribution >= 0.6 is 0 Å². The molecule has 2 aromatic carbocycles. The van der Waals surface area contributed by atoms with Gasteiger partial charge in [-0.05, 0) is 57.0 Å². The molecular formula is C26H34N4O7. The zero-order valence-electron chi connectivity index (χ0n) is 21.4. The third-order valence-electron chi connectivity index (χ3n) is 5.19. The van der Waals surface area contributed by atoms with Gasteiger partial charge in [0.1, 0.15) is 23.4 Å². The van der Waals surface area contributed by atoms with Gasteiger partial charge in [-0.3, -0.25) is 14.4 Å². The predicted molar refractivity (Wildman–Crippen MR) is 136 cm³/mol. The number of primary amides is 1. The summed E-state index contributed by atoms with van der Waals surface area (Å²) in [7, 11) is 0. The van der Waals surface area contributed by atoms with Gasteiger partial charge in [0.15, 0.2) is 0 Å². The topological polar surface area (TPSA) is 171 Å². The van der Waals surface area contributed by atoms with Crippen LogP contribution in [0.25, 0.3) is 0 Å². The molecule has 2 unspecified atom stereocenters. The summed E-state index contributed by atoms with van der Waals surface area (Å²) >= 11 is 0. The third kappa shape index (κ3) is 8.80. The summed E-state index contributed by atoms with van der Waals surface area (Å²) in [6.07, 6.45) is -1.52. The van der Waals surface area contributed by atoms with Crippen LogP contribution in [0.2, 0.25) is 0 Å². The highest BCUT2D eigenvalue weighted by atomic mass is 16.6. The summed E-state index contributed by atoms with van der Waals surface area (Å²) in [6.45, 7) is 5.87. The fourth-order valence-electron chi connectivity index (χ4n) is 3.57. The first-order valence-corrected chi connectivity index (χ1v) is 11.7. The highest BCUT2D eigenvalue weighted by Gasteiger charge is 2.37. The molecule has 0 radical (unpaired) electrons. The lowest BCUT2D eigenvalue weighted by atomic mass is 10.0. The molecule has 0 aliphatic rings. The molecule has 0 aromatic heterocycles. The number of aryl methyl sites for hydroxylation is 1. The zero-order valence-corrected chi connectivity index (χ0v) is 21.4. The first-order valence-electron chi connectivity index (χ1n) is 11.7. The van der Waals surface area contributed by atoms with E-state index < -0.39 is 54.5 Å². The summed E-state index contributed by atoms with van der Waals surface area (Å²) in [5.74, 6) is -2.38. The minimum atomic E-state index is -1.47. The van der Waals surface area contributed by atoms with Crippen molar-refractivity contribution in [3.8, 4) is 5.75 Å². The molecule has 0 spiro atoms. The Kier molecular flexibility index (Phi) is 10.0. The number of alkyl carbamates (subject to hydrolysis) is 1. The van der Waals surface area contributed by atoms with Gasteiger partial charge in [0.05, 0.1) is 13.0 Å². The Balaban J connectivity index is 2.50. The number of carbonyl (C=O) groups is 4. The average molecular weight is 515 g/mol. The van der Waals surface area contributed by atoms with E-state index in [0.717, 1.165) is 10.5 Å². The third-order valence-corrected chi connectivity index (χ3v) is 5.19. The van der Waals surface area contributed by atoms with E-state index in [9.17, 15) is 29.4 Å². The standard InChI is InChI=1S/C26H34N4O7/c1-16-7-5-6-8-19(16)28-23(34)22(17-9-11-18(32)12-10-17)30(13-14-31)24(35)20(15-21(27)33)29-25(36)37-26(2,3)4/h5-12,20,22,31-32H,13-15H2,1-4H3,(H2,27,33)(H,28,34)(H,29,36). The molecular weight excluding hydrogens is 480 g/mol. The molecule has 11 nitrogen and oxygen atoms in total. The number of rotatable bonds is 10. The minimum absolute atomic E-state index is 0.0555. The lowest BCUT2D eigenvalue weighted by Crippen LogP contribution is -2.54. The number of hydrogen-bond donors (Lipinski definition) is 5. The minimum Gasteiger partial charge on any atom is -0.508 e. The number of para-hydroxylation sites is 1. The second kappa shape index (κ2) is 12.7. The van der Waals surface area contributed by atoms with E-state index in [-0.39, 0.29) is 12.3 Å². The van der Waals surface area contributed by atoms with Crippen LogP contribution in [0.15, 0.2) is 48.5 Å². The summed E-state index contributed by atoms with van der Waals surface area (Å²) < 4.78 is 5.21. The van der Waals surface area contributed by atoms with E-state index in [2.05, 4.69) is 10.6 Å². The Bertz CT molecular complexity index is 1110. The zero-order chi connectivity index (χ0) is 27.8. The number of aliphatic hydroxyl groups excluding tert-OH is 1. The lowest BCUT2D eigenvalue weighted by molar-refractivity contribution is -0.142. The van der Waals surface area contributed by atoms with E-state index in [1.54, 1.807) is 52.0 Å². The molecule has 0 aliphatic carbocycles. The number of hydrogen-bond acceptors (Lipinski definition) is 7.